The number of hydrogen-bond donors (Lipinski definition) is 1. The maximum atomic E-state index is 6.15. The lowest BCUT2D eigenvalue weighted by atomic mass is 10.1. The maximum Gasteiger partial charge on any atom is 0.0599 e. The minimum absolute atomic E-state index is 0.0944. The predicted octanol–water partition coefficient (Wildman–Crippen LogP) is 4.46. The summed E-state index contributed by atoms with van der Waals surface area (Å²) in [4.78, 5) is 0. The molecule has 1 rings (SSSR count). The fourth-order valence-corrected chi connectivity index (χ4v) is 2.17. The molecule has 18 heavy (non-hydrogen) atoms. The Morgan fingerprint density at radius 1 is 1.28 bits per heavy atom. The van der Waals surface area contributed by atoms with Gasteiger partial charge < -0.3 is 10.1 Å². The van der Waals surface area contributed by atoms with Crippen molar-refractivity contribution in [3.05, 3.63) is 33.8 Å². The highest BCUT2D eigenvalue weighted by Crippen LogP contribution is 2.25. The Kier molecular flexibility index (Phi) is 5.93. The average molecular weight is 290 g/mol. The molecule has 0 radical (unpaired) electrons. The van der Waals surface area contributed by atoms with Crippen molar-refractivity contribution in [2.75, 3.05) is 13.2 Å². The van der Waals surface area contributed by atoms with Gasteiger partial charge in [0.05, 0.1) is 12.2 Å². The van der Waals surface area contributed by atoms with Gasteiger partial charge in [-0.3, -0.25) is 0 Å². The van der Waals surface area contributed by atoms with Gasteiger partial charge in [-0.1, -0.05) is 29.3 Å². The van der Waals surface area contributed by atoms with Gasteiger partial charge in [-0.05, 0) is 45.4 Å². The van der Waals surface area contributed by atoms with Crippen molar-refractivity contribution < 1.29 is 4.74 Å². The summed E-state index contributed by atoms with van der Waals surface area (Å²) in [6.07, 6.45) is 0. The fraction of sp³-hybridized carbons (Fsp3) is 0.571. The summed E-state index contributed by atoms with van der Waals surface area (Å²) in [6.45, 7) is 9.69. The Bertz CT molecular complexity index is 388. The first-order chi connectivity index (χ1) is 8.29. The Morgan fingerprint density at radius 3 is 2.50 bits per heavy atom. The zero-order valence-corrected chi connectivity index (χ0v) is 12.9. The van der Waals surface area contributed by atoms with E-state index in [-0.39, 0.29) is 11.6 Å². The first-order valence-corrected chi connectivity index (χ1v) is 6.87. The topological polar surface area (TPSA) is 21.3 Å². The molecule has 0 fully saturated rings. The smallest absolute Gasteiger partial charge is 0.0599 e. The Morgan fingerprint density at radius 2 is 1.94 bits per heavy atom. The number of rotatable bonds is 5. The molecular weight excluding hydrogens is 269 g/mol. The van der Waals surface area contributed by atoms with Crippen molar-refractivity contribution in [2.24, 2.45) is 0 Å². The summed E-state index contributed by atoms with van der Waals surface area (Å²) in [5.74, 6) is 0. The Labute approximate surface area is 120 Å². The van der Waals surface area contributed by atoms with Crippen LogP contribution in [-0.4, -0.2) is 18.8 Å². The van der Waals surface area contributed by atoms with Gasteiger partial charge in [0.15, 0.2) is 0 Å². The van der Waals surface area contributed by atoms with E-state index in [1.54, 1.807) is 6.07 Å². The molecule has 0 aliphatic rings. The van der Waals surface area contributed by atoms with Gasteiger partial charge in [-0.2, -0.15) is 0 Å². The van der Waals surface area contributed by atoms with Crippen LogP contribution in [0.25, 0.3) is 0 Å². The molecule has 0 bridgehead atoms. The standard InChI is InChI=1S/C14H21Cl2NO/c1-10(17-7-8-18-14(2,3)4)12-6-5-11(15)9-13(12)16/h5-6,9-10,17H,7-8H2,1-4H3. The van der Waals surface area contributed by atoms with E-state index in [1.807, 2.05) is 32.9 Å². The summed E-state index contributed by atoms with van der Waals surface area (Å²) in [6, 6.07) is 5.75. The number of benzene rings is 1. The van der Waals surface area contributed by atoms with E-state index in [1.165, 1.54) is 0 Å². The third-order valence-electron chi connectivity index (χ3n) is 2.52. The molecule has 0 amide bonds. The normalized spacial score (nSPS) is 13.7. The summed E-state index contributed by atoms with van der Waals surface area (Å²) in [5, 5.41) is 4.73. The van der Waals surface area contributed by atoms with Crippen LogP contribution in [0.4, 0.5) is 0 Å². The molecule has 102 valence electrons. The maximum absolute atomic E-state index is 6.15. The highest BCUT2D eigenvalue weighted by molar-refractivity contribution is 6.35. The highest BCUT2D eigenvalue weighted by atomic mass is 35.5. The van der Waals surface area contributed by atoms with Crippen LogP contribution in [0.2, 0.25) is 10.0 Å². The molecule has 0 aliphatic carbocycles. The molecule has 1 aromatic carbocycles. The second-order valence-corrected chi connectivity index (χ2v) is 6.15. The van der Waals surface area contributed by atoms with E-state index in [4.69, 9.17) is 27.9 Å². The van der Waals surface area contributed by atoms with E-state index in [0.717, 1.165) is 12.1 Å². The second-order valence-electron chi connectivity index (χ2n) is 5.30. The summed E-state index contributed by atoms with van der Waals surface area (Å²) in [5.41, 5.74) is 0.958. The van der Waals surface area contributed by atoms with E-state index >= 15 is 0 Å². The third-order valence-corrected chi connectivity index (χ3v) is 3.08. The lowest BCUT2D eigenvalue weighted by molar-refractivity contribution is -0.00149. The monoisotopic (exact) mass is 289 g/mol. The summed E-state index contributed by atoms with van der Waals surface area (Å²) >= 11 is 12.0. The van der Waals surface area contributed by atoms with E-state index in [9.17, 15) is 0 Å². The molecule has 1 unspecified atom stereocenters. The molecule has 2 nitrogen and oxygen atoms in total. The largest absolute Gasteiger partial charge is 0.375 e. The minimum Gasteiger partial charge on any atom is -0.375 e. The zero-order valence-electron chi connectivity index (χ0n) is 11.4. The molecule has 0 saturated carbocycles. The van der Waals surface area contributed by atoms with Crippen molar-refractivity contribution in [2.45, 2.75) is 39.3 Å². The molecular formula is C14H21Cl2NO. The van der Waals surface area contributed by atoms with Crippen LogP contribution < -0.4 is 5.32 Å². The van der Waals surface area contributed by atoms with E-state index in [2.05, 4.69) is 12.2 Å². The van der Waals surface area contributed by atoms with Crippen LogP contribution in [0.3, 0.4) is 0 Å². The first-order valence-electron chi connectivity index (χ1n) is 6.12. The number of halogens is 2. The molecule has 1 N–H and O–H groups in total. The van der Waals surface area contributed by atoms with Crippen molar-refractivity contribution in [1.29, 1.82) is 0 Å². The zero-order chi connectivity index (χ0) is 13.8. The lowest BCUT2D eigenvalue weighted by Gasteiger charge is -2.21. The average Bonchev–Trinajstić information content (AvgIpc) is 2.22. The van der Waals surface area contributed by atoms with Crippen molar-refractivity contribution in [3.63, 3.8) is 0 Å². The quantitative estimate of drug-likeness (QED) is 0.808. The van der Waals surface area contributed by atoms with Crippen LogP contribution in [-0.2, 0) is 4.74 Å². The minimum atomic E-state index is -0.0944. The third kappa shape index (κ3) is 5.57. The van der Waals surface area contributed by atoms with Gasteiger partial charge in [-0.25, -0.2) is 0 Å². The molecule has 1 atom stereocenters. The molecule has 0 saturated heterocycles. The fourth-order valence-electron chi connectivity index (χ4n) is 1.60. The van der Waals surface area contributed by atoms with Crippen molar-refractivity contribution in [3.8, 4) is 0 Å². The van der Waals surface area contributed by atoms with E-state index < -0.39 is 0 Å². The van der Waals surface area contributed by atoms with Crippen molar-refractivity contribution in [1.82, 2.24) is 5.32 Å². The second kappa shape index (κ2) is 6.76. The SMILES string of the molecule is CC(NCCOC(C)(C)C)c1ccc(Cl)cc1Cl. The molecule has 0 spiro atoms. The van der Waals surface area contributed by atoms with Gasteiger partial charge in [0.2, 0.25) is 0 Å². The molecule has 0 aromatic heterocycles. The van der Waals surface area contributed by atoms with Gasteiger partial charge in [-0.15, -0.1) is 0 Å². The van der Waals surface area contributed by atoms with Gasteiger partial charge in [0, 0.05) is 22.6 Å². The van der Waals surface area contributed by atoms with Crippen LogP contribution in [0, 0.1) is 0 Å². The molecule has 1 aromatic rings. The lowest BCUT2D eigenvalue weighted by Crippen LogP contribution is -2.28. The van der Waals surface area contributed by atoms with Crippen molar-refractivity contribution >= 4 is 23.2 Å². The van der Waals surface area contributed by atoms with Crippen LogP contribution >= 0.6 is 23.2 Å². The first kappa shape index (κ1) is 15.8. The number of nitrogens with one attached hydrogen (secondary N) is 1. The van der Waals surface area contributed by atoms with Crippen LogP contribution in [0.5, 0.6) is 0 Å². The van der Waals surface area contributed by atoms with Crippen LogP contribution in [0.1, 0.15) is 39.3 Å². The van der Waals surface area contributed by atoms with Gasteiger partial charge >= 0.3 is 0 Å². The van der Waals surface area contributed by atoms with E-state index in [0.29, 0.717) is 16.7 Å². The summed E-state index contributed by atoms with van der Waals surface area (Å²) < 4.78 is 5.65. The molecule has 0 aliphatic heterocycles. The highest BCUT2D eigenvalue weighted by Gasteiger charge is 2.11. The van der Waals surface area contributed by atoms with Gasteiger partial charge in [0.1, 0.15) is 0 Å². The predicted molar refractivity (Wildman–Crippen MR) is 78.6 cm³/mol. The van der Waals surface area contributed by atoms with Gasteiger partial charge in [0.25, 0.3) is 0 Å². The Balaban J connectivity index is 2.43. The Hall–Kier alpha value is -0.280. The summed E-state index contributed by atoms with van der Waals surface area (Å²) in [7, 11) is 0. The molecule has 0 heterocycles. The molecule has 4 heteroatoms. The van der Waals surface area contributed by atoms with Crippen LogP contribution in [0.15, 0.2) is 18.2 Å². The number of hydrogen-bond acceptors (Lipinski definition) is 2. The number of ether oxygens (including phenoxy) is 1.